The van der Waals surface area contributed by atoms with Crippen molar-refractivity contribution >= 4 is 39.8 Å². The van der Waals surface area contributed by atoms with Gasteiger partial charge in [0.25, 0.3) is 0 Å². The average Bonchev–Trinajstić information content (AvgIpc) is 3.06. The molecular formula is C22H30IN3O3S. The zero-order valence-corrected chi connectivity index (χ0v) is 20.4. The molecule has 0 amide bonds. The number of hydrogen-bond acceptors (Lipinski definition) is 4. The van der Waals surface area contributed by atoms with Crippen LogP contribution in [-0.2, 0) is 22.9 Å². The van der Waals surface area contributed by atoms with Gasteiger partial charge in [0.2, 0.25) is 0 Å². The Morgan fingerprint density at radius 2 is 1.83 bits per heavy atom. The van der Waals surface area contributed by atoms with Gasteiger partial charge in [-0.2, -0.15) is 0 Å². The lowest BCUT2D eigenvalue weighted by Crippen LogP contribution is -2.44. The van der Waals surface area contributed by atoms with Gasteiger partial charge < -0.3 is 15.4 Å². The minimum atomic E-state index is -2.90. The molecule has 0 aromatic heterocycles. The van der Waals surface area contributed by atoms with Crippen molar-refractivity contribution in [1.82, 2.24) is 10.6 Å². The second-order valence-corrected chi connectivity index (χ2v) is 9.40. The highest BCUT2D eigenvalue weighted by Crippen LogP contribution is 2.15. The molecule has 1 fully saturated rings. The van der Waals surface area contributed by atoms with Crippen LogP contribution >= 0.6 is 24.0 Å². The minimum Gasteiger partial charge on any atom is -0.489 e. The van der Waals surface area contributed by atoms with Gasteiger partial charge in [-0.1, -0.05) is 42.5 Å². The monoisotopic (exact) mass is 543 g/mol. The SMILES string of the molecule is CCNC(=NCCc1ccc(OCc2ccccc2)cc1)NC1CCS(=O)(=O)C1.I. The standard InChI is InChI=1S/C22H29N3O3S.HI/c1-2-23-22(25-20-13-15-29(26,27)17-20)24-14-12-18-8-10-21(11-9-18)28-16-19-6-4-3-5-7-19;/h3-11,20H,2,12-17H2,1H3,(H2,23,24,25);1H. The van der Waals surface area contributed by atoms with Crippen molar-refractivity contribution < 1.29 is 13.2 Å². The lowest BCUT2D eigenvalue weighted by Gasteiger charge is -2.15. The number of nitrogens with one attached hydrogen (secondary N) is 2. The van der Waals surface area contributed by atoms with E-state index in [1.54, 1.807) is 0 Å². The summed E-state index contributed by atoms with van der Waals surface area (Å²) in [5, 5.41) is 6.43. The van der Waals surface area contributed by atoms with Crippen LogP contribution in [0, 0.1) is 0 Å². The van der Waals surface area contributed by atoms with Crippen molar-refractivity contribution in [3.63, 3.8) is 0 Å². The molecule has 0 bridgehead atoms. The highest BCUT2D eigenvalue weighted by Gasteiger charge is 2.28. The summed E-state index contributed by atoms with van der Waals surface area (Å²) in [6, 6.07) is 18.1. The van der Waals surface area contributed by atoms with Gasteiger partial charge in [0.05, 0.1) is 11.5 Å². The van der Waals surface area contributed by atoms with Crippen molar-refractivity contribution in [3.05, 3.63) is 65.7 Å². The van der Waals surface area contributed by atoms with Crippen molar-refractivity contribution in [1.29, 1.82) is 0 Å². The molecule has 0 radical (unpaired) electrons. The first-order chi connectivity index (χ1) is 14.0. The number of nitrogens with zero attached hydrogens (tertiary/aromatic N) is 1. The lowest BCUT2D eigenvalue weighted by atomic mass is 10.1. The number of sulfone groups is 1. The zero-order chi connectivity index (χ0) is 20.5. The van der Waals surface area contributed by atoms with Crippen molar-refractivity contribution in [2.45, 2.75) is 32.4 Å². The third-order valence-electron chi connectivity index (χ3n) is 4.76. The van der Waals surface area contributed by atoms with Gasteiger partial charge in [0.15, 0.2) is 15.8 Å². The Kier molecular flexibility index (Phi) is 9.90. The van der Waals surface area contributed by atoms with E-state index >= 15 is 0 Å². The van der Waals surface area contributed by atoms with Crippen LogP contribution in [0.1, 0.15) is 24.5 Å². The van der Waals surface area contributed by atoms with E-state index in [-0.39, 0.29) is 41.5 Å². The highest BCUT2D eigenvalue weighted by molar-refractivity contribution is 14.0. The second-order valence-electron chi connectivity index (χ2n) is 7.17. The Morgan fingerprint density at radius 3 is 2.47 bits per heavy atom. The van der Waals surface area contributed by atoms with Gasteiger partial charge in [0.1, 0.15) is 12.4 Å². The highest BCUT2D eigenvalue weighted by atomic mass is 127. The van der Waals surface area contributed by atoms with Gasteiger partial charge in [-0.15, -0.1) is 24.0 Å². The van der Waals surface area contributed by atoms with Gasteiger partial charge in [-0.05, 0) is 43.0 Å². The third kappa shape index (κ3) is 8.14. The maximum atomic E-state index is 11.6. The molecule has 2 aromatic carbocycles. The molecule has 0 saturated carbocycles. The fraction of sp³-hybridized carbons (Fsp3) is 0.409. The number of guanidine groups is 1. The van der Waals surface area contributed by atoms with Crippen molar-refractivity contribution in [2.24, 2.45) is 4.99 Å². The van der Waals surface area contributed by atoms with E-state index in [1.807, 2.05) is 49.4 Å². The molecule has 164 valence electrons. The maximum Gasteiger partial charge on any atom is 0.191 e. The predicted molar refractivity (Wildman–Crippen MR) is 133 cm³/mol. The van der Waals surface area contributed by atoms with E-state index in [0.717, 1.165) is 24.3 Å². The van der Waals surface area contributed by atoms with Crippen LogP contribution in [0.15, 0.2) is 59.6 Å². The molecule has 1 saturated heterocycles. The molecular weight excluding hydrogens is 513 g/mol. The first kappa shape index (κ1) is 24.5. The lowest BCUT2D eigenvalue weighted by molar-refractivity contribution is 0.306. The van der Waals surface area contributed by atoms with Crippen LogP contribution < -0.4 is 15.4 Å². The maximum absolute atomic E-state index is 11.6. The summed E-state index contributed by atoms with van der Waals surface area (Å²) in [5.74, 6) is 1.96. The number of hydrogen-bond donors (Lipinski definition) is 2. The molecule has 3 rings (SSSR count). The smallest absolute Gasteiger partial charge is 0.191 e. The van der Waals surface area contributed by atoms with Gasteiger partial charge in [0, 0.05) is 19.1 Å². The fourth-order valence-corrected chi connectivity index (χ4v) is 4.89. The van der Waals surface area contributed by atoms with Crippen LogP contribution in [-0.4, -0.2) is 45.0 Å². The molecule has 2 aromatic rings. The Hall–Kier alpha value is -1.81. The van der Waals surface area contributed by atoms with E-state index in [4.69, 9.17) is 4.74 Å². The van der Waals surface area contributed by atoms with Gasteiger partial charge >= 0.3 is 0 Å². The molecule has 1 aliphatic heterocycles. The van der Waals surface area contributed by atoms with Crippen molar-refractivity contribution in [3.8, 4) is 5.75 Å². The molecule has 0 aliphatic carbocycles. The molecule has 1 aliphatic rings. The minimum absolute atomic E-state index is 0. The fourth-order valence-electron chi connectivity index (χ4n) is 3.21. The number of aliphatic imine (C=N–C) groups is 1. The topological polar surface area (TPSA) is 79.8 Å². The van der Waals surface area contributed by atoms with E-state index in [9.17, 15) is 8.42 Å². The Labute approximate surface area is 196 Å². The number of benzene rings is 2. The quantitative estimate of drug-likeness (QED) is 0.304. The normalized spacial score (nSPS) is 17.8. The first-order valence-corrected chi connectivity index (χ1v) is 11.9. The molecule has 1 atom stereocenters. The zero-order valence-electron chi connectivity index (χ0n) is 17.2. The predicted octanol–water partition coefficient (Wildman–Crippen LogP) is 3.17. The van der Waals surface area contributed by atoms with Gasteiger partial charge in [-0.25, -0.2) is 8.42 Å². The summed E-state index contributed by atoms with van der Waals surface area (Å²) in [7, 11) is -2.90. The van der Waals surface area contributed by atoms with E-state index in [2.05, 4.69) is 27.8 Å². The summed E-state index contributed by atoms with van der Waals surface area (Å²) < 4.78 is 29.1. The molecule has 0 spiro atoms. The first-order valence-electron chi connectivity index (χ1n) is 10.0. The average molecular weight is 543 g/mol. The Balaban J connectivity index is 0.00000320. The second kappa shape index (κ2) is 12.1. The summed E-state index contributed by atoms with van der Waals surface area (Å²) in [5.41, 5.74) is 2.32. The van der Waals surface area contributed by atoms with E-state index in [1.165, 1.54) is 5.56 Å². The summed E-state index contributed by atoms with van der Waals surface area (Å²) in [4.78, 5) is 4.59. The van der Waals surface area contributed by atoms with E-state index < -0.39 is 9.84 Å². The van der Waals surface area contributed by atoms with Crippen LogP contribution in [0.2, 0.25) is 0 Å². The van der Waals surface area contributed by atoms with E-state index in [0.29, 0.717) is 25.5 Å². The molecule has 6 nitrogen and oxygen atoms in total. The summed E-state index contributed by atoms with van der Waals surface area (Å²) in [6.07, 6.45) is 1.44. The Bertz CT molecular complexity index is 903. The Morgan fingerprint density at radius 1 is 1.10 bits per heavy atom. The number of halogens is 1. The molecule has 30 heavy (non-hydrogen) atoms. The van der Waals surface area contributed by atoms with Crippen LogP contribution in [0.3, 0.4) is 0 Å². The number of ether oxygens (including phenoxy) is 1. The summed E-state index contributed by atoms with van der Waals surface area (Å²) >= 11 is 0. The molecule has 1 heterocycles. The molecule has 2 N–H and O–H groups in total. The molecule has 1 unspecified atom stereocenters. The largest absolute Gasteiger partial charge is 0.489 e. The number of rotatable bonds is 8. The van der Waals surface area contributed by atoms with Crippen LogP contribution in [0.25, 0.3) is 0 Å². The van der Waals surface area contributed by atoms with Crippen LogP contribution in [0.4, 0.5) is 0 Å². The van der Waals surface area contributed by atoms with Crippen molar-refractivity contribution in [2.75, 3.05) is 24.6 Å². The van der Waals surface area contributed by atoms with Gasteiger partial charge in [-0.3, -0.25) is 4.99 Å². The third-order valence-corrected chi connectivity index (χ3v) is 6.53. The van der Waals surface area contributed by atoms with Crippen LogP contribution in [0.5, 0.6) is 5.75 Å². The summed E-state index contributed by atoms with van der Waals surface area (Å²) in [6.45, 7) is 3.91. The molecule has 8 heteroatoms.